The molecule has 2 N–H and O–H groups in total. The molecule has 4 rings (SSSR count). The minimum atomic E-state index is -0.220. The van der Waals surface area contributed by atoms with E-state index in [0.29, 0.717) is 31.6 Å². The number of carbonyl (C=O) groups excluding carboxylic acids is 2. The summed E-state index contributed by atoms with van der Waals surface area (Å²) in [6.07, 6.45) is 3.23. The average molecular weight is 389 g/mol. The van der Waals surface area contributed by atoms with Gasteiger partial charge in [0.25, 0.3) is 5.91 Å². The second-order valence-corrected chi connectivity index (χ2v) is 7.01. The summed E-state index contributed by atoms with van der Waals surface area (Å²) in [6.45, 7) is 1.18. The zero-order valence-corrected chi connectivity index (χ0v) is 16.0. The molecule has 3 amide bonds. The maximum atomic E-state index is 12.8. The number of amides is 3. The lowest BCUT2D eigenvalue weighted by molar-refractivity contribution is 0.0702. The minimum Gasteiger partial charge on any atom is -0.337 e. The SMILES string of the molecule is O=C(Nc1ccccc1)NC1CCN(C(=O)c2ccn(-c3ccccc3)n2)CC1. The lowest BCUT2D eigenvalue weighted by atomic mass is 10.0. The second kappa shape index (κ2) is 8.60. The van der Waals surface area contributed by atoms with Crippen LogP contribution in [0.4, 0.5) is 10.5 Å². The zero-order chi connectivity index (χ0) is 20.1. The number of hydrogen-bond acceptors (Lipinski definition) is 3. The molecule has 0 aliphatic carbocycles. The van der Waals surface area contributed by atoms with Crippen LogP contribution in [-0.2, 0) is 0 Å². The van der Waals surface area contributed by atoms with E-state index in [9.17, 15) is 9.59 Å². The van der Waals surface area contributed by atoms with E-state index in [0.717, 1.165) is 11.4 Å². The molecule has 29 heavy (non-hydrogen) atoms. The minimum absolute atomic E-state index is 0.0460. The third-order valence-corrected chi connectivity index (χ3v) is 4.98. The molecule has 1 saturated heterocycles. The summed E-state index contributed by atoms with van der Waals surface area (Å²) in [6, 6.07) is 20.6. The molecule has 1 fully saturated rings. The molecule has 3 aromatic rings. The summed E-state index contributed by atoms with van der Waals surface area (Å²) >= 11 is 0. The van der Waals surface area contributed by atoms with Crippen LogP contribution >= 0.6 is 0 Å². The van der Waals surface area contributed by atoms with E-state index in [2.05, 4.69) is 15.7 Å². The topological polar surface area (TPSA) is 79.3 Å². The number of benzene rings is 2. The number of rotatable bonds is 4. The molecule has 1 aromatic heterocycles. The van der Waals surface area contributed by atoms with Crippen LogP contribution < -0.4 is 10.6 Å². The van der Waals surface area contributed by atoms with Gasteiger partial charge in [0.05, 0.1) is 5.69 Å². The predicted octanol–water partition coefficient (Wildman–Crippen LogP) is 3.30. The number of urea groups is 1. The first-order valence-corrected chi connectivity index (χ1v) is 9.72. The Kier molecular flexibility index (Phi) is 5.56. The molecule has 0 unspecified atom stereocenters. The van der Waals surface area contributed by atoms with E-state index in [1.54, 1.807) is 21.8 Å². The number of para-hydroxylation sites is 2. The number of carbonyl (C=O) groups is 2. The van der Waals surface area contributed by atoms with Gasteiger partial charge >= 0.3 is 6.03 Å². The van der Waals surface area contributed by atoms with Gasteiger partial charge in [0.2, 0.25) is 0 Å². The highest BCUT2D eigenvalue weighted by Gasteiger charge is 2.25. The highest BCUT2D eigenvalue weighted by Crippen LogP contribution is 2.15. The maximum absolute atomic E-state index is 12.8. The third kappa shape index (κ3) is 4.63. The van der Waals surface area contributed by atoms with Gasteiger partial charge in [-0.1, -0.05) is 36.4 Å². The molecule has 1 aliphatic rings. The Labute approximate surface area is 169 Å². The first-order valence-electron chi connectivity index (χ1n) is 9.72. The lowest BCUT2D eigenvalue weighted by Crippen LogP contribution is -2.47. The fraction of sp³-hybridized carbons (Fsp3) is 0.227. The Hall–Kier alpha value is -3.61. The number of hydrogen-bond donors (Lipinski definition) is 2. The van der Waals surface area contributed by atoms with Crippen LogP contribution in [0.25, 0.3) is 5.69 Å². The van der Waals surface area contributed by atoms with Gasteiger partial charge in [-0.3, -0.25) is 4.79 Å². The van der Waals surface area contributed by atoms with Crippen LogP contribution in [0.5, 0.6) is 0 Å². The summed E-state index contributed by atoms with van der Waals surface area (Å²) in [4.78, 5) is 26.7. The molecule has 2 aromatic carbocycles. The lowest BCUT2D eigenvalue weighted by Gasteiger charge is -2.32. The highest BCUT2D eigenvalue weighted by molar-refractivity contribution is 5.92. The van der Waals surface area contributed by atoms with Gasteiger partial charge in [-0.05, 0) is 43.2 Å². The summed E-state index contributed by atoms with van der Waals surface area (Å²) < 4.78 is 1.70. The molecule has 0 spiro atoms. The Bertz CT molecular complexity index is 963. The van der Waals surface area contributed by atoms with Crippen molar-refractivity contribution >= 4 is 17.6 Å². The number of likely N-dealkylation sites (tertiary alicyclic amines) is 1. The molecule has 1 aliphatic heterocycles. The van der Waals surface area contributed by atoms with Crippen molar-refractivity contribution in [2.24, 2.45) is 0 Å². The van der Waals surface area contributed by atoms with Crippen LogP contribution in [0, 0.1) is 0 Å². The van der Waals surface area contributed by atoms with Crippen molar-refractivity contribution in [3.05, 3.63) is 78.6 Å². The van der Waals surface area contributed by atoms with Gasteiger partial charge in [-0.15, -0.1) is 0 Å². The van der Waals surface area contributed by atoms with Crippen molar-refractivity contribution < 1.29 is 9.59 Å². The molecule has 7 heteroatoms. The number of piperidine rings is 1. The van der Waals surface area contributed by atoms with Crippen LogP contribution in [0.3, 0.4) is 0 Å². The van der Waals surface area contributed by atoms with Crippen molar-refractivity contribution in [2.45, 2.75) is 18.9 Å². The summed E-state index contributed by atoms with van der Waals surface area (Å²) in [5, 5.41) is 10.2. The Morgan fingerprint density at radius 1 is 0.897 bits per heavy atom. The molecule has 0 bridgehead atoms. The monoisotopic (exact) mass is 389 g/mol. The standard InChI is InChI=1S/C22H23N5O2/c28-21(20-13-16-27(25-20)19-9-5-2-6-10-19)26-14-11-18(12-15-26)24-22(29)23-17-7-3-1-4-8-17/h1-10,13,16,18H,11-12,14-15H2,(H2,23,24,29). The smallest absolute Gasteiger partial charge is 0.319 e. The van der Waals surface area contributed by atoms with E-state index >= 15 is 0 Å². The van der Waals surface area contributed by atoms with Crippen LogP contribution in [0.15, 0.2) is 72.9 Å². The van der Waals surface area contributed by atoms with Crippen LogP contribution in [-0.4, -0.2) is 45.8 Å². The van der Waals surface area contributed by atoms with Crippen LogP contribution in [0.2, 0.25) is 0 Å². The molecular weight excluding hydrogens is 366 g/mol. The molecule has 0 saturated carbocycles. The van der Waals surface area contributed by atoms with Crippen molar-refractivity contribution in [3.63, 3.8) is 0 Å². The van der Waals surface area contributed by atoms with Crippen LogP contribution in [0.1, 0.15) is 23.3 Å². The zero-order valence-electron chi connectivity index (χ0n) is 16.0. The quantitative estimate of drug-likeness (QED) is 0.719. The van der Waals surface area contributed by atoms with Gasteiger partial charge in [0.1, 0.15) is 0 Å². The van der Waals surface area contributed by atoms with Crippen molar-refractivity contribution in [2.75, 3.05) is 18.4 Å². The van der Waals surface area contributed by atoms with Crippen molar-refractivity contribution in [3.8, 4) is 5.69 Å². The first-order chi connectivity index (χ1) is 14.2. The summed E-state index contributed by atoms with van der Waals surface area (Å²) in [7, 11) is 0. The maximum Gasteiger partial charge on any atom is 0.319 e. The van der Waals surface area contributed by atoms with Gasteiger partial charge in [0.15, 0.2) is 5.69 Å². The fourth-order valence-corrected chi connectivity index (χ4v) is 3.43. The van der Waals surface area contributed by atoms with Gasteiger partial charge in [0, 0.05) is 31.0 Å². The predicted molar refractivity (Wildman–Crippen MR) is 111 cm³/mol. The van der Waals surface area contributed by atoms with Crippen molar-refractivity contribution in [1.82, 2.24) is 20.0 Å². The molecule has 7 nitrogen and oxygen atoms in total. The average Bonchev–Trinajstić information content (AvgIpc) is 3.25. The van der Waals surface area contributed by atoms with E-state index < -0.39 is 0 Å². The molecule has 0 atom stereocenters. The summed E-state index contributed by atoms with van der Waals surface area (Å²) in [5.41, 5.74) is 2.10. The molecule has 0 radical (unpaired) electrons. The largest absolute Gasteiger partial charge is 0.337 e. The Balaban J connectivity index is 1.29. The number of aromatic nitrogens is 2. The molecule has 2 heterocycles. The van der Waals surface area contributed by atoms with E-state index in [4.69, 9.17) is 0 Å². The third-order valence-electron chi connectivity index (χ3n) is 4.98. The fourth-order valence-electron chi connectivity index (χ4n) is 3.43. The number of nitrogens with zero attached hydrogens (tertiary/aromatic N) is 3. The second-order valence-electron chi connectivity index (χ2n) is 7.01. The van der Waals surface area contributed by atoms with E-state index in [1.165, 1.54) is 0 Å². The van der Waals surface area contributed by atoms with Gasteiger partial charge in [-0.25, -0.2) is 9.48 Å². The van der Waals surface area contributed by atoms with E-state index in [-0.39, 0.29) is 18.0 Å². The Morgan fingerprint density at radius 2 is 1.55 bits per heavy atom. The normalized spacial score (nSPS) is 14.4. The number of anilines is 1. The van der Waals surface area contributed by atoms with E-state index in [1.807, 2.05) is 60.7 Å². The Morgan fingerprint density at radius 3 is 2.24 bits per heavy atom. The molecule has 148 valence electrons. The number of nitrogens with one attached hydrogen (secondary N) is 2. The first kappa shape index (κ1) is 18.7. The van der Waals surface area contributed by atoms with Crippen molar-refractivity contribution in [1.29, 1.82) is 0 Å². The van der Waals surface area contributed by atoms with Gasteiger partial charge < -0.3 is 15.5 Å². The van der Waals surface area contributed by atoms with Gasteiger partial charge in [-0.2, -0.15) is 5.10 Å². The highest BCUT2D eigenvalue weighted by atomic mass is 16.2. The molecular formula is C22H23N5O2. The summed E-state index contributed by atoms with van der Waals surface area (Å²) in [5.74, 6) is -0.0770.